The Bertz CT molecular complexity index is 4240. The summed E-state index contributed by atoms with van der Waals surface area (Å²) < 4.78 is 11.9. The number of pyridine rings is 4. The molecule has 0 aliphatic heterocycles. The predicted molar refractivity (Wildman–Crippen MR) is 275 cm³/mol. The minimum Gasteiger partial charge on any atom is -0.308 e. The number of thiophene rings is 1. The number of benzene rings is 5. The van der Waals surface area contributed by atoms with Gasteiger partial charge in [0, 0.05) is 68.7 Å². The molecule has 0 spiro atoms. The number of hydrogen-bond acceptors (Lipinski definition) is 5. The lowest BCUT2D eigenvalue weighted by Crippen LogP contribution is -2.01. The van der Waals surface area contributed by atoms with Crippen molar-refractivity contribution in [1.29, 1.82) is 0 Å². The van der Waals surface area contributed by atoms with E-state index >= 15 is 0 Å². The third kappa shape index (κ3) is 4.97. The van der Waals surface area contributed by atoms with Crippen molar-refractivity contribution in [2.24, 2.45) is 0 Å². The Morgan fingerprint density at radius 3 is 1.29 bits per heavy atom. The van der Waals surface area contributed by atoms with Crippen LogP contribution in [-0.4, -0.2) is 38.2 Å². The highest BCUT2D eigenvalue weighted by Gasteiger charge is 2.25. The van der Waals surface area contributed by atoms with Gasteiger partial charge in [-0.05, 0) is 104 Å². The molecule has 9 heterocycles. The van der Waals surface area contributed by atoms with E-state index in [1.807, 2.05) is 66.5 Å². The van der Waals surface area contributed by atoms with Crippen LogP contribution in [-0.2, 0) is 0 Å². The Labute approximate surface area is 380 Å². The van der Waals surface area contributed by atoms with Gasteiger partial charge >= 0.3 is 0 Å². The van der Waals surface area contributed by atoms with Crippen LogP contribution >= 0.6 is 11.3 Å². The van der Waals surface area contributed by atoms with Crippen LogP contribution in [0.1, 0.15) is 18.2 Å². The third-order valence-electron chi connectivity index (χ3n) is 13.2. The number of allylic oxidation sites excluding steroid dienone is 1. The molecule has 14 aromatic rings. The van der Waals surface area contributed by atoms with Crippen molar-refractivity contribution in [1.82, 2.24) is 38.2 Å². The van der Waals surface area contributed by atoms with Gasteiger partial charge in [-0.25, -0.2) is 0 Å². The highest BCUT2D eigenvalue weighted by molar-refractivity contribution is 7.26. The van der Waals surface area contributed by atoms with Crippen LogP contribution in [0, 0.1) is 0 Å². The summed E-state index contributed by atoms with van der Waals surface area (Å²) in [6.45, 7) is 6.35. The predicted octanol–water partition coefficient (Wildman–Crippen LogP) is 14.5. The van der Waals surface area contributed by atoms with E-state index in [1.165, 1.54) is 0 Å². The maximum absolute atomic E-state index is 4.98. The van der Waals surface area contributed by atoms with Crippen LogP contribution in [0.3, 0.4) is 0 Å². The van der Waals surface area contributed by atoms with Crippen LogP contribution in [0.25, 0.3) is 132 Å². The van der Waals surface area contributed by atoms with Gasteiger partial charge in [0.25, 0.3) is 0 Å². The van der Waals surface area contributed by atoms with Crippen molar-refractivity contribution < 1.29 is 0 Å². The van der Waals surface area contributed by atoms with E-state index in [-0.39, 0.29) is 0 Å². The van der Waals surface area contributed by atoms with E-state index < -0.39 is 0 Å². The molecule has 310 valence electrons. The van der Waals surface area contributed by atoms with Gasteiger partial charge < -0.3 is 18.3 Å². The third-order valence-corrected chi connectivity index (χ3v) is 14.5. The fraction of sp³-hybridized carbons (Fsp3) is 0.0175. The van der Waals surface area contributed by atoms with Crippen molar-refractivity contribution in [2.75, 3.05) is 0 Å². The van der Waals surface area contributed by atoms with Gasteiger partial charge in [-0.3, -0.25) is 19.9 Å². The number of rotatable bonds is 6. The molecule has 0 unspecified atom stereocenters. The van der Waals surface area contributed by atoms with Gasteiger partial charge in [-0.15, -0.1) is 11.3 Å². The zero-order chi connectivity index (χ0) is 43.6. The first kappa shape index (κ1) is 36.8. The number of aromatic nitrogens is 8. The number of fused-ring (bicyclic) bond motifs is 13. The molecule has 14 rings (SSSR count). The van der Waals surface area contributed by atoms with Crippen LogP contribution in [0.4, 0.5) is 0 Å². The quantitative estimate of drug-likeness (QED) is 0.167. The highest BCUT2D eigenvalue weighted by Crippen LogP contribution is 2.47. The second-order valence-corrected chi connectivity index (χ2v) is 17.7. The lowest BCUT2D eigenvalue weighted by Gasteiger charge is -2.15. The van der Waals surface area contributed by atoms with E-state index in [0.29, 0.717) is 0 Å². The SMILES string of the molecule is C=Cc1c(/C=C\C)n(-c2cc(-n3c4ccccc4c4ncccc43)c3sc4c(-n5c6ccccc6c6ncccc65)cc(-n5c6ccccc6c6ncccc65)cc4c3c2)c2cccnc12. The smallest absolute Gasteiger partial charge is 0.0963 e. The van der Waals surface area contributed by atoms with Gasteiger partial charge in [0.2, 0.25) is 0 Å². The summed E-state index contributed by atoms with van der Waals surface area (Å²) in [5.41, 5.74) is 17.4. The molecule has 9 aromatic heterocycles. The van der Waals surface area contributed by atoms with Crippen LogP contribution < -0.4 is 0 Å². The normalized spacial score (nSPS) is 12.3. The van der Waals surface area contributed by atoms with Crippen LogP contribution in [0.2, 0.25) is 0 Å². The monoisotopic (exact) mass is 864 g/mol. The first-order chi connectivity index (χ1) is 32.7. The average Bonchev–Trinajstić information content (AvgIpc) is 4.16. The van der Waals surface area contributed by atoms with Gasteiger partial charge in [0.05, 0.1) is 87.2 Å². The van der Waals surface area contributed by atoms with Crippen molar-refractivity contribution >= 4 is 121 Å². The molecule has 0 bridgehead atoms. The molecule has 0 aliphatic rings. The molecule has 5 aromatic carbocycles. The van der Waals surface area contributed by atoms with Crippen LogP contribution in [0.15, 0.2) is 183 Å². The summed E-state index contributed by atoms with van der Waals surface area (Å²) in [5, 5.41) is 5.60. The Hall–Kier alpha value is -8.66. The topological polar surface area (TPSA) is 71.3 Å². The molecule has 0 aliphatic carbocycles. The number of nitrogens with zero attached hydrogens (tertiary/aromatic N) is 8. The van der Waals surface area contributed by atoms with E-state index in [0.717, 1.165) is 131 Å². The minimum absolute atomic E-state index is 0.906. The van der Waals surface area contributed by atoms with E-state index in [4.69, 9.17) is 19.9 Å². The largest absolute Gasteiger partial charge is 0.308 e. The maximum atomic E-state index is 4.98. The standard InChI is InChI=1S/C57H36N8S/c1-3-15-42-36(4-2)52-46(22-11-26-58-52)62(42)34-30-40-41-31-35(63-43-19-8-5-16-37(43)53-47(63)23-12-27-59-53)33-51(65-45-21-10-7-18-39(45)55-49(65)25-14-29-61-55)57(41)66-56(40)50(32-34)64-44-20-9-6-17-38(44)54-48(64)24-13-28-60-54/h3-33H,2H2,1H3/b15-3-. The molecule has 0 saturated heterocycles. The Morgan fingerprint density at radius 2 is 0.818 bits per heavy atom. The molecule has 66 heavy (non-hydrogen) atoms. The minimum atomic E-state index is 0.906. The second kappa shape index (κ2) is 13.9. The molecule has 0 saturated carbocycles. The number of hydrogen-bond donors (Lipinski definition) is 0. The van der Waals surface area contributed by atoms with Gasteiger partial charge in [-0.2, -0.15) is 0 Å². The summed E-state index contributed by atoms with van der Waals surface area (Å²) in [4.78, 5) is 19.8. The van der Waals surface area contributed by atoms with Crippen molar-refractivity contribution in [2.45, 2.75) is 6.92 Å². The van der Waals surface area contributed by atoms with E-state index in [1.54, 1.807) is 0 Å². The molecule has 0 radical (unpaired) electrons. The summed E-state index contributed by atoms with van der Waals surface area (Å²) >= 11 is 1.83. The Morgan fingerprint density at radius 1 is 0.424 bits per heavy atom. The highest BCUT2D eigenvalue weighted by atomic mass is 32.1. The second-order valence-electron chi connectivity index (χ2n) is 16.7. The van der Waals surface area contributed by atoms with Gasteiger partial charge in [0.15, 0.2) is 0 Å². The van der Waals surface area contributed by atoms with Crippen molar-refractivity contribution in [3.05, 3.63) is 194 Å². The molecule has 0 fully saturated rings. The number of para-hydroxylation sites is 3. The maximum Gasteiger partial charge on any atom is 0.0963 e. The fourth-order valence-corrected chi connectivity index (χ4v) is 11.9. The molecular formula is C57H36N8S. The van der Waals surface area contributed by atoms with E-state index in [9.17, 15) is 0 Å². The molecule has 8 nitrogen and oxygen atoms in total. The van der Waals surface area contributed by atoms with Crippen molar-refractivity contribution in [3.8, 4) is 22.7 Å². The average molecular weight is 865 g/mol. The zero-order valence-electron chi connectivity index (χ0n) is 35.6. The molecular weight excluding hydrogens is 829 g/mol. The molecule has 0 amide bonds. The Balaban J connectivity index is 1.21. The Kier molecular flexibility index (Phi) is 7.76. The lowest BCUT2D eigenvalue weighted by atomic mass is 10.1. The zero-order valence-corrected chi connectivity index (χ0v) is 36.4. The lowest BCUT2D eigenvalue weighted by molar-refractivity contribution is 1.09. The van der Waals surface area contributed by atoms with Gasteiger partial charge in [0.1, 0.15) is 0 Å². The van der Waals surface area contributed by atoms with Gasteiger partial charge in [-0.1, -0.05) is 73.3 Å². The van der Waals surface area contributed by atoms with Crippen molar-refractivity contribution in [3.63, 3.8) is 0 Å². The summed E-state index contributed by atoms with van der Waals surface area (Å²) in [7, 11) is 0. The molecule has 9 heteroatoms. The molecule has 0 atom stereocenters. The van der Waals surface area contributed by atoms with E-state index in [2.05, 4.69) is 165 Å². The summed E-state index contributed by atoms with van der Waals surface area (Å²) in [5.74, 6) is 0. The van der Waals surface area contributed by atoms with Crippen LogP contribution in [0.5, 0.6) is 0 Å². The first-order valence-corrected chi connectivity index (χ1v) is 22.8. The summed E-state index contributed by atoms with van der Waals surface area (Å²) in [6.07, 6.45) is 13.7. The molecule has 0 N–H and O–H groups in total. The summed E-state index contributed by atoms with van der Waals surface area (Å²) in [6, 6.07) is 52.2. The fourth-order valence-electron chi connectivity index (χ4n) is 10.6. The first-order valence-electron chi connectivity index (χ1n) is 22.0.